The number of alkyl carbamates (subject to hydrolysis) is 1. The van der Waals surface area contributed by atoms with E-state index in [-0.39, 0.29) is 26.7 Å². The summed E-state index contributed by atoms with van der Waals surface area (Å²) in [6, 6.07) is 8.11. The fourth-order valence-corrected chi connectivity index (χ4v) is 1.50. The summed E-state index contributed by atoms with van der Waals surface area (Å²) in [5.41, 5.74) is 0.186. The fraction of sp³-hybridized carbons (Fsp3) is 0.429. The number of carbonyl (C=O) groups is 2. The van der Waals surface area contributed by atoms with Crippen molar-refractivity contribution in [1.29, 1.82) is 0 Å². The quantitative estimate of drug-likeness (QED) is 0.713. The van der Waals surface area contributed by atoms with Crippen LogP contribution in [0.15, 0.2) is 30.3 Å². The van der Waals surface area contributed by atoms with Gasteiger partial charge in [0.2, 0.25) is 0 Å². The third-order valence-electron chi connectivity index (χ3n) is 2.27. The van der Waals surface area contributed by atoms with Gasteiger partial charge in [-0.1, -0.05) is 30.3 Å². The molecule has 106 valence electrons. The molecule has 1 aromatic rings. The van der Waals surface area contributed by atoms with Gasteiger partial charge in [-0.15, -0.1) is 0 Å². The third-order valence-corrected chi connectivity index (χ3v) is 2.27. The van der Waals surface area contributed by atoms with Crippen molar-refractivity contribution in [3.63, 3.8) is 0 Å². The summed E-state index contributed by atoms with van der Waals surface area (Å²) in [5.74, 6) is -1.09. The molecule has 1 unspecified atom stereocenters. The molecule has 0 aliphatic carbocycles. The van der Waals surface area contributed by atoms with Crippen molar-refractivity contribution >= 4 is 12.1 Å². The number of carbonyl (C=O) groups excluding carboxylic acids is 1. The maximum atomic E-state index is 11.6. The van der Waals surface area contributed by atoms with Crippen molar-refractivity contribution in [2.24, 2.45) is 0 Å². The summed E-state index contributed by atoms with van der Waals surface area (Å²) < 4.78 is 5.04. The number of carboxylic acid groups (broad SMARTS) is 1. The smallest absolute Gasteiger partial charge is 1.00 e. The number of amides is 1. The van der Waals surface area contributed by atoms with Gasteiger partial charge in [0.15, 0.2) is 0 Å². The summed E-state index contributed by atoms with van der Waals surface area (Å²) in [6.07, 6.45) is -0.508. The maximum Gasteiger partial charge on any atom is 1.00 e. The summed E-state index contributed by atoms with van der Waals surface area (Å²) >= 11 is 0. The van der Waals surface area contributed by atoms with Crippen LogP contribution >= 0.6 is 0 Å². The molecule has 0 radical (unpaired) electrons. The van der Waals surface area contributed by atoms with Crippen LogP contribution in [-0.2, 0) is 16.0 Å². The Morgan fingerprint density at radius 3 is 2.30 bits per heavy atom. The Morgan fingerprint density at radius 1 is 1.30 bits per heavy atom. The van der Waals surface area contributed by atoms with Crippen LogP contribution in [0.5, 0.6) is 0 Å². The Hall–Kier alpha value is -1.44. The first-order chi connectivity index (χ1) is 8.78. The minimum atomic E-state index is -1.09. The molecule has 1 atom stereocenters. The van der Waals surface area contributed by atoms with Crippen molar-refractivity contribution in [1.82, 2.24) is 5.32 Å². The molecule has 0 aliphatic rings. The minimum Gasteiger partial charge on any atom is -1.00 e. The zero-order valence-corrected chi connectivity index (χ0v) is 12.3. The molecule has 5 nitrogen and oxygen atoms in total. The molecule has 1 rings (SSSR count). The van der Waals surface area contributed by atoms with Crippen LogP contribution in [-0.4, -0.2) is 28.8 Å². The van der Waals surface area contributed by atoms with E-state index in [1.54, 1.807) is 20.8 Å². The molecule has 0 aromatic heterocycles. The Labute approximate surface area is 132 Å². The molecule has 0 heterocycles. The van der Waals surface area contributed by atoms with Gasteiger partial charge < -0.3 is 16.6 Å². The van der Waals surface area contributed by atoms with Gasteiger partial charge in [0, 0.05) is 6.42 Å². The zero-order chi connectivity index (χ0) is 14.5. The van der Waals surface area contributed by atoms with E-state index in [0.29, 0.717) is 0 Å². The van der Waals surface area contributed by atoms with Gasteiger partial charge in [0.05, 0.1) is 0 Å². The second kappa shape index (κ2) is 7.98. The van der Waals surface area contributed by atoms with Crippen molar-refractivity contribution in [2.45, 2.75) is 38.8 Å². The van der Waals surface area contributed by atoms with Crippen LogP contribution < -0.4 is 24.2 Å². The van der Waals surface area contributed by atoms with E-state index in [0.717, 1.165) is 5.56 Å². The second-order valence-electron chi connectivity index (χ2n) is 5.23. The van der Waals surface area contributed by atoms with E-state index in [1.165, 1.54) is 0 Å². The summed E-state index contributed by atoms with van der Waals surface area (Å²) in [6.45, 7) is 5.17. The molecule has 0 saturated carbocycles. The van der Waals surface area contributed by atoms with E-state index >= 15 is 0 Å². The number of carboxylic acids is 1. The standard InChI is InChI=1S/C14H19NO4.Li.H/c1-14(2,3)19-13(18)15-11(12(16)17)9-10-7-5-4-6-8-10;;/h4-8,11H,9H2,1-3H3,(H,15,18)(H,16,17);;/q;+1;-1. The first-order valence-corrected chi connectivity index (χ1v) is 6.04. The summed E-state index contributed by atoms with van der Waals surface area (Å²) in [5, 5.41) is 11.5. The van der Waals surface area contributed by atoms with Crippen molar-refractivity contribution in [3.05, 3.63) is 35.9 Å². The van der Waals surface area contributed by atoms with Gasteiger partial charge in [-0.2, -0.15) is 0 Å². The van der Waals surface area contributed by atoms with Crippen molar-refractivity contribution in [2.75, 3.05) is 0 Å². The number of aliphatic carboxylic acids is 1. The van der Waals surface area contributed by atoms with Gasteiger partial charge in [-0.05, 0) is 26.3 Å². The van der Waals surface area contributed by atoms with Crippen LogP contribution in [0.25, 0.3) is 0 Å². The molecule has 6 heteroatoms. The average Bonchev–Trinajstić information content (AvgIpc) is 2.26. The van der Waals surface area contributed by atoms with E-state index < -0.39 is 23.7 Å². The Kier molecular flexibility index (Phi) is 7.41. The SMILES string of the molecule is CC(C)(C)OC(=O)NC(Cc1ccccc1)C(=O)O.[H-].[Li+]. The Balaban J connectivity index is 0. The van der Waals surface area contributed by atoms with E-state index in [2.05, 4.69) is 5.32 Å². The molecule has 0 fully saturated rings. The fourth-order valence-electron chi connectivity index (χ4n) is 1.50. The first kappa shape index (κ1) is 18.6. The van der Waals surface area contributed by atoms with Gasteiger partial charge in [-0.25, -0.2) is 9.59 Å². The van der Waals surface area contributed by atoms with E-state index in [1.807, 2.05) is 30.3 Å². The molecular formula is C14H20LiNO4. The molecule has 1 aromatic carbocycles. The molecule has 0 bridgehead atoms. The van der Waals surface area contributed by atoms with E-state index in [4.69, 9.17) is 9.84 Å². The molecule has 0 spiro atoms. The summed E-state index contributed by atoms with van der Waals surface area (Å²) in [7, 11) is 0. The molecule has 20 heavy (non-hydrogen) atoms. The average molecular weight is 273 g/mol. The number of ether oxygens (including phenoxy) is 1. The van der Waals surface area contributed by atoms with E-state index in [9.17, 15) is 9.59 Å². The van der Waals surface area contributed by atoms with Crippen LogP contribution in [0, 0.1) is 0 Å². The van der Waals surface area contributed by atoms with Crippen LogP contribution in [0.1, 0.15) is 27.8 Å². The largest absolute Gasteiger partial charge is 1.00 e. The van der Waals surface area contributed by atoms with Crippen molar-refractivity contribution < 1.29 is 39.7 Å². The van der Waals surface area contributed by atoms with Crippen LogP contribution in [0.4, 0.5) is 4.79 Å². The minimum absolute atomic E-state index is 0. The van der Waals surface area contributed by atoms with Crippen molar-refractivity contribution in [3.8, 4) is 0 Å². The molecule has 1 amide bonds. The predicted octanol–water partition coefficient (Wildman–Crippen LogP) is -0.676. The number of rotatable bonds is 4. The molecule has 0 saturated heterocycles. The predicted molar refractivity (Wildman–Crippen MR) is 72.1 cm³/mol. The molecular weight excluding hydrogens is 253 g/mol. The number of hydrogen-bond donors (Lipinski definition) is 2. The van der Waals surface area contributed by atoms with Gasteiger partial charge in [0.25, 0.3) is 0 Å². The maximum absolute atomic E-state index is 11.6. The topological polar surface area (TPSA) is 75.6 Å². The monoisotopic (exact) mass is 273 g/mol. The molecule has 0 aliphatic heterocycles. The first-order valence-electron chi connectivity index (χ1n) is 6.04. The number of benzene rings is 1. The van der Waals surface area contributed by atoms with Gasteiger partial charge in [0.1, 0.15) is 11.6 Å². The van der Waals surface area contributed by atoms with Gasteiger partial charge in [-0.3, -0.25) is 0 Å². The third kappa shape index (κ3) is 7.22. The number of nitrogens with one attached hydrogen (secondary N) is 1. The summed E-state index contributed by atoms with van der Waals surface area (Å²) in [4.78, 5) is 22.7. The van der Waals surface area contributed by atoms with Crippen LogP contribution in [0.3, 0.4) is 0 Å². The molecule has 2 N–H and O–H groups in total. The van der Waals surface area contributed by atoms with Gasteiger partial charge >= 0.3 is 30.9 Å². The Bertz CT molecular complexity index is 448. The second-order valence-corrected chi connectivity index (χ2v) is 5.23. The zero-order valence-electron chi connectivity index (χ0n) is 13.3. The number of hydrogen-bond acceptors (Lipinski definition) is 3. The Morgan fingerprint density at radius 2 is 1.85 bits per heavy atom. The normalized spacial score (nSPS) is 11.9. The van der Waals surface area contributed by atoms with Crippen LogP contribution in [0.2, 0.25) is 0 Å².